The zero-order valence-corrected chi connectivity index (χ0v) is 27.3. The molecule has 1 atom stereocenters. The van der Waals surface area contributed by atoms with Crippen LogP contribution in [0.1, 0.15) is 110 Å². The molecule has 0 spiro atoms. The van der Waals surface area contributed by atoms with Crippen LogP contribution in [0.4, 0.5) is 0 Å². The number of hydrogen-bond donors (Lipinski definition) is 1. The smallest absolute Gasteiger partial charge is 0.550 e. The molecule has 7 nitrogen and oxygen atoms in total. The summed E-state index contributed by atoms with van der Waals surface area (Å²) in [5.74, 6) is -3.97. The minimum Gasteiger partial charge on any atom is -0.550 e. The zero-order valence-electron chi connectivity index (χ0n) is 20.3. The summed E-state index contributed by atoms with van der Waals surface area (Å²) in [5, 5.41) is 22.0. The summed E-state index contributed by atoms with van der Waals surface area (Å²) in [6.07, 6.45) is 17.1. The molecule has 1 N–H and O–H groups in total. The molecule has 0 aromatic heterocycles. The maximum Gasteiger partial charge on any atom is 1.00 e. The molecule has 0 fully saturated rings. The number of carboxylic acids is 2. The average Bonchev–Trinajstić information content (AvgIpc) is 2.65. The third kappa shape index (κ3) is 18.2. The van der Waals surface area contributed by atoms with Gasteiger partial charge < -0.3 is 19.8 Å². The number of unbranched alkanes of at least 4 members (excludes halogenated alkanes) is 12. The van der Waals surface area contributed by atoms with E-state index in [1.54, 1.807) is 0 Å². The van der Waals surface area contributed by atoms with Crippen LogP contribution in [0.15, 0.2) is 12.2 Å². The molecule has 1 unspecified atom stereocenters. The molecule has 0 radical (unpaired) electrons. The van der Waals surface area contributed by atoms with Crippen LogP contribution in [0, 0.1) is 0 Å². The van der Waals surface area contributed by atoms with Crippen molar-refractivity contribution in [1.29, 1.82) is 0 Å². The fourth-order valence-corrected chi connectivity index (χ4v) is 4.39. The van der Waals surface area contributed by atoms with Crippen molar-refractivity contribution >= 4 is 22.1 Å². The van der Waals surface area contributed by atoms with Gasteiger partial charge in [-0.25, -0.2) is 0 Å². The Labute approximate surface area is 279 Å². The number of carbonyl (C=O) groups excluding carboxylic acids is 2. The second-order valence-electron chi connectivity index (χ2n) is 7.99. The molecular formula is C22H38K2O7S. The molecule has 0 aliphatic carbocycles. The first kappa shape index (κ1) is 38.4. The molecule has 0 aromatic carbocycles. The van der Waals surface area contributed by atoms with E-state index in [1.807, 2.05) is 0 Å². The summed E-state index contributed by atoms with van der Waals surface area (Å²) in [6.45, 7) is 2.22. The van der Waals surface area contributed by atoms with E-state index >= 15 is 0 Å². The van der Waals surface area contributed by atoms with Crippen LogP contribution in [-0.4, -0.2) is 29.7 Å². The van der Waals surface area contributed by atoms with Crippen LogP contribution in [0.5, 0.6) is 0 Å². The van der Waals surface area contributed by atoms with E-state index < -0.39 is 39.6 Å². The predicted molar refractivity (Wildman–Crippen MR) is 113 cm³/mol. The molecule has 0 amide bonds. The van der Waals surface area contributed by atoms with Gasteiger partial charge >= 0.3 is 103 Å². The number of carbonyl (C=O) groups is 2. The summed E-state index contributed by atoms with van der Waals surface area (Å²) in [5.41, 5.74) is 0. The van der Waals surface area contributed by atoms with Crippen LogP contribution in [0.2, 0.25) is 0 Å². The van der Waals surface area contributed by atoms with Crippen molar-refractivity contribution in [2.75, 3.05) is 0 Å². The number of hydrogen-bond acceptors (Lipinski definition) is 6. The summed E-state index contributed by atoms with van der Waals surface area (Å²) in [4.78, 5) is 22.0. The molecule has 0 aromatic rings. The van der Waals surface area contributed by atoms with E-state index in [0.717, 1.165) is 38.5 Å². The Bertz CT molecular complexity index is 624. The van der Waals surface area contributed by atoms with Crippen LogP contribution in [0.3, 0.4) is 0 Å². The third-order valence-corrected chi connectivity index (χ3v) is 6.89. The Morgan fingerprint density at radius 1 is 0.781 bits per heavy atom. The van der Waals surface area contributed by atoms with Gasteiger partial charge in [-0.05, 0) is 32.1 Å². The van der Waals surface area contributed by atoms with Crippen molar-refractivity contribution < 1.29 is 136 Å². The minimum absolute atomic E-state index is 0. The van der Waals surface area contributed by atoms with Crippen LogP contribution in [0.25, 0.3) is 0 Å². The zero-order chi connectivity index (χ0) is 22.9. The molecular weight excluding hydrogens is 486 g/mol. The maximum atomic E-state index is 11.5. The van der Waals surface area contributed by atoms with Gasteiger partial charge in [0.25, 0.3) is 10.1 Å². The fourth-order valence-electron chi connectivity index (χ4n) is 3.48. The van der Waals surface area contributed by atoms with E-state index in [9.17, 15) is 32.8 Å². The van der Waals surface area contributed by atoms with Crippen LogP contribution in [-0.2, 0) is 19.7 Å². The maximum absolute atomic E-state index is 11.5. The van der Waals surface area contributed by atoms with E-state index in [1.165, 1.54) is 38.5 Å². The quantitative estimate of drug-likeness (QED) is 0.0773. The summed E-state index contributed by atoms with van der Waals surface area (Å²) < 4.78 is 29.3. The van der Waals surface area contributed by atoms with Crippen molar-refractivity contribution in [2.45, 2.75) is 114 Å². The molecule has 0 aliphatic heterocycles. The summed E-state index contributed by atoms with van der Waals surface area (Å²) >= 11 is 0. The number of rotatable bonds is 20. The van der Waals surface area contributed by atoms with Gasteiger partial charge in [-0.2, -0.15) is 8.42 Å². The van der Waals surface area contributed by atoms with Crippen molar-refractivity contribution in [3.63, 3.8) is 0 Å². The SMILES string of the molecule is CCCCCCCC/C=C\CCCCCCCCC(CC(=O)[O-])(C(=O)[O-])S(=O)(=O)O.[K+].[K+]. The number of aliphatic carboxylic acids is 2. The van der Waals surface area contributed by atoms with E-state index in [-0.39, 0.29) is 109 Å². The van der Waals surface area contributed by atoms with Crippen molar-refractivity contribution in [3.8, 4) is 0 Å². The van der Waals surface area contributed by atoms with Crippen molar-refractivity contribution in [1.82, 2.24) is 0 Å². The van der Waals surface area contributed by atoms with Gasteiger partial charge in [0.1, 0.15) is 4.75 Å². The second-order valence-corrected chi connectivity index (χ2v) is 9.73. The number of allylic oxidation sites excluding steroid dienone is 2. The Morgan fingerprint density at radius 2 is 1.19 bits per heavy atom. The molecule has 10 heteroatoms. The first-order chi connectivity index (χ1) is 14.2. The van der Waals surface area contributed by atoms with Gasteiger partial charge in [0.2, 0.25) is 0 Å². The van der Waals surface area contributed by atoms with Gasteiger partial charge in [0.15, 0.2) is 0 Å². The molecule has 0 aliphatic rings. The predicted octanol–water partition coefficient (Wildman–Crippen LogP) is -3.06. The van der Waals surface area contributed by atoms with E-state index in [2.05, 4.69) is 19.1 Å². The third-order valence-electron chi connectivity index (χ3n) is 5.39. The van der Waals surface area contributed by atoms with Gasteiger partial charge in [-0.3, -0.25) is 4.55 Å². The minimum atomic E-state index is -5.13. The Morgan fingerprint density at radius 3 is 1.56 bits per heavy atom. The van der Waals surface area contributed by atoms with Crippen LogP contribution < -0.4 is 113 Å². The van der Waals surface area contributed by atoms with Gasteiger partial charge in [0.05, 0.1) is 5.97 Å². The Hall–Kier alpha value is 1.86. The van der Waals surface area contributed by atoms with Crippen molar-refractivity contribution in [2.24, 2.45) is 0 Å². The molecule has 0 saturated heterocycles. The molecule has 0 rings (SSSR count). The largest absolute Gasteiger partial charge is 1.00 e. The van der Waals surface area contributed by atoms with E-state index in [4.69, 9.17) is 0 Å². The Balaban J connectivity index is -0.00000420. The summed E-state index contributed by atoms with van der Waals surface area (Å²) in [7, 11) is -5.13. The first-order valence-corrected chi connectivity index (χ1v) is 12.6. The molecule has 0 saturated carbocycles. The monoisotopic (exact) mass is 524 g/mol. The van der Waals surface area contributed by atoms with Crippen molar-refractivity contribution in [3.05, 3.63) is 12.2 Å². The normalized spacial score (nSPS) is 13.2. The van der Waals surface area contributed by atoms with Gasteiger partial charge in [0, 0.05) is 12.4 Å². The molecule has 176 valence electrons. The standard InChI is InChI=1S/C22H40O7S.2K/c1-2-3-4-5-6-7-8-9-10-11-12-13-14-15-16-17-18-22(21(25)26,19-20(23)24)30(27,28)29;;/h9-10H,2-8,11-19H2,1H3,(H,23,24)(H,25,26)(H,27,28,29);;/q;2*+1/p-2/b10-9-;;. The summed E-state index contributed by atoms with van der Waals surface area (Å²) in [6, 6.07) is 0. The number of carboxylic acid groups (broad SMARTS) is 2. The Kier molecular flexibility index (Phi) is 27.9. The van der Waals surface area contributed by atoms with Gasteiger partial charge in [-0.15, -0.1) is 0 Å². The molecule has 0 heterocycles. The van der Waals surface area contributed by atoms with Gasteiger partial charge in [-0.1, -0.05) is 83.3 Å². The molecule has 0 bridgehead atoms. The fraction of sp³-hybridized carbons (Fsp3) is 0.818. The average molecular weight is 525 g/mol. The first-order valence-electron chi connectivity index (χ1n) is 11.2. The second kappa shape index (κ2) is 23.3. The topological polar surface area (TPSA) is 135 Å². The van der Waals surface area contributed by atoms with E-state index in [0.29, 0.717) is 6.42 Å². The van der Waals surface area contributed by atoms with Crippen LogP contribution >= 0.6 is 0 Å². The molecule has 32 heavy (non-hydrogen) atoms.